The molecule has 3 rings (SSSR count). The van der Waals surface area contributed by atoms with Crippen LogP contribution in [0.2, 0.25) is 0 Å². The number of rotatable bonds is 1. The molecule has 0 aromatic carbocycles. The Morgan fingerprint density at radius 2 is 1.83 bits per heavy atom. The summed E-state index contributed by atoms with van der Waals surface area (Å²) in [5.74, 6) is 0.740. The molecule has 3 fully saturated rings. The Balaban J connectivity index is 1.65. The first kappa shape index (κ1) is 12.4. The minimum atomic E-state index is -0.226. The molecular formula is C14H23NO3. The average Bonchev–Trinajstić information content (AvgIpc) is 2.74. The third-order valence-electron chi connectivity index (χ3n) is 4.84. The number of carbonyl (C=O) groups is 1. The lowest BCUT2D eigenvalue weighted by molar-refractivity contribution is -0.150. The second-order valence-electron chi connectivity index (χ2n) is 6.20. The first-order valence-corrected chi connectivity index (χ1v) is 7.27. The van der Waals surface area contributed by atoms with E-state index < -0.39 is 0 Å². The van der Waals surface area contributed by atoms with Crippen molar-refractivity contribution in [1.29, 1.82) is 0 Å². The van der Waals surface area contributed by atoms with Gasteiger partial charge >= 0.3 is 0 Å². The number of amides is 1. The van der Waals surface area contributed by atoms with Crippen LogP contribution in [-0.4, -0.2) is 47.3 Å². The standard InChI is InChI=1S/C14H23NO3/c1-9-5-6-12(18-9)14(17)15-7-10-3-2-4-11(8-15)13(10)16/h9-13,16H,2-8H2,1H3/t9-,10-,11+,12+,13?/m1/s1. The molecule has 2 saturated heterocycles. The summed E-state index contributed by atoms with van der Waals surface area (Å²) >= 11 is 0. The van der Waals surface area contributed by atoms with E-state index in [1.807, 2.05) is 11.8 Å². The molecule has 0 radical (unpaired) electrons. The predicted octanol–water partition coefficient (Wildman–Crippen LogP) is 1.17. The summed E-state index contributed by atoms with van der Waals surface area (Å²) in [5.41, 5.74) is 0. The van der Waals surface area contributed by atoms with Crippen molar-refractivity contribution >= 4 is 5.91 Å². The van der Waals surface area contributed by atoms with Crippen molar-refractivity contribution in [3.05, 3.63) is 0 Å². The molecule has 1 unspecified atom stereocenters. The van der Waals surface area contributed by atoms with Gasteiger partial charge < -0.3 is 14.7 Å². The number of hydrogen-bond acceptors (Lipinski definition) is 3. The highest BCUT2D eigenvalue weighted by Gasteiger charge is 2.42. The number of aliphatic hydroxyl groups is 1. The predicted molar refractivity (Wildman–Crippen MR) is 67.0 cm³/mol. The monoisotopic (exact) mass is 253 g/mol. The van der Waals surface area contributed by atoms with Crippen LogP contribution in [0.5, 0.6) is 0 Å². The largest absolute Gasteiger partial charge is 0.392 e. The fourth-order valence-corrected chi connectivity index (χ4v) is 3.78. The smallest absolute Gasteiger partial charge is 0.251 e. The Labute approximate surface area is 108 Å². The van der Waals surface area contributed by atoms with Crippen molar-refractivity contribution in [3.8, 4) is 0 Å². The van der Waals surface area contributed by atoms with E-state index >= 15 is 0 Å². The van der Waals surface area contributed by atoms with Crippen molar-refractivity contribution in [2.45, 2.75) is 57.3 Å². The third kappa shape index (κ3) is 2.16. The van der Waals surface area contributed by atoms with Crippen LogP contribution >= 0.6 is 0 Å². The van der Waals surface area contributed by atoms with Crippen LogP contribution in [0.3, 0.4) is 0 Å². The maximum Gasteiger partial charge on any atom is 0.251 e. The van der Waals surface area contributed by atoms with Crippen LogP contribution < -0.4 is 0 Å². The zero-order valence-corrected chi connectivity index (χ0v) is 11.0. The molecule has 3 aliphatic rings. The molecule has 102 valence electrons. The fourth-order valence-electron chi connectivity index (χ4n) is 3.78. The quantitative estimate of drug-likeness (QED) is 0.763. The van der Waals surface area contributed by atoms with Gasteiger partial charge in [0.15, 0.2) is 0 Å². The van der Waals surface area contributed by atoms with Gasteiger partial charge in [0, 0.05) is 24.9 Å². The van der Waals surface area contributed by atoms with Gasteiger partial charge in [-0.3, -0.25) is 4.79 Å². The second-order valence-corrected chi connectivity index (χ2v) is 6.20. The molecule has 2 aliphatic heterocycles. The van der Waals surface area contributed by atoms with E-state index in [9.17, 15) is 9.90 Å². The van der Waals surface area contributed by atoms with Gasteiger partial charge in [0.25, 0.3) is 5.91 Å². The van der Waals surface area contributed by atoms with Crippen molar-refractivity contribution in [2.75, 3.05) is 13.1 Å². The molecule has 2 heterocycles. The lowest BCUT2D eigenvalue weighted by Gasteiger charge is -2.45. The van der Waals surface area contributed by atoms with E-state index in [2.05, 4.69) is 0 Å². The Morgan fingerprint density at radius 1 is 1.17 bits per heavy atom. The van der Waals surface area contributed by atoms with Crippen LogP contribution in [0.15, 0.2) is 0 Å². The highest BCUT2D eigenvalue weighted by atomic mass is 16.5. The fraction of sp³-hybridized carbons (Fsp3) is 0.929. The summed E-state index contributed by atoms with van der Waals surface area (Å²) in [6.07, 6.45) is 4.96. The van der Waals surface area contributed by atoms with Crippen molar-refractivity contribution in [1.82, 2.24) is 4.90 Å². The zero-order chi connectivity index (χ0) is 12.7. The minimum absolute atomic E-state index is 0.156. The third-order valence-corrected chi connectivity index (χ3v) is 4.84. The lowest BCUT2D eigenvalue weighted by Crippen LogP contribution is -2.55. The van der Waals surface area contributed by atoms with Crippen LogP contribution in [0.4, 0.5) is 0 Å². The molecule has 18 heavy (non-hydrogen) atoms. The summed E-state index contributed by atoms with van der Waals surface area (Å²) < 4.78 is 5.67. The Kier molecular flexibility index (Phi) is 3.32. The summed E-state index contributed by atoms with van der Waals surface area (Å²) in [4.78, 5) is 14.4. The van der Waals surface area contributed by atoms with E-state index in [4.69, 9.17) is 4.74 Å². The van der Waals surface area contributed by atoms with E-state index in [-0.39, 0.29) is 24.2 Å². The van der Waals surface area contributed by atoms with Crippen LogP contribution in [0.1, 0.15) is 39.0 Å². The van der Waals surface area contributed by atoms with E-state index in [1.54, 1.807) is 0 Å². The first-order chi connectivity index (χ1) is 8.65. The van der Waals surface area contributed by atoms with Gasteiger partial charge in [-0.2, -0.15) is 0 Å². The molecular weight excluding hydrogens is 230 g/mol. The number of hydrogen-bond donors (Lipinski definition) is 1. The Morgan fingerprint density at radius 3 is 2.39 bits per heavy atom. The van der Waals surface area contributed by atoms with Crippen LogP contribution in [0.25, 0.3) is 0 Å². The van der Waals surface area contributed by atoms with Gasteiger partial charge in [0.05, 0.1) is 12.2 Å². The van der Waals surface area contributed by atoms with Gasteiger partial charge in [-0.15, -0.1) is 0 Å². The molecule has 4 heteroatoms. The summed E-state index contributed by atoms with van der Waals surface area (Å²) in [6.45, 7) is 3.48. The zero-order valence-electron chi connectivity index (χ0n) is 11.0. The number of likely N-dealkylation sites (tertiary alicyclic amines) is 1. The van der Waals surface area contributed by atoms with E-state index in [1.165, 1.54) is 6.42 Å². The molecule has 1 saturated carbocycles. The van der Waals surface area contributed by atoms with Crippen LogP contribution in [-0.2, 0) is 9.53 Å². The molecule has 5 atom stereocenters. The summed E-state index contributed by atoms with van der Waals surface area (Å²) in [5, 5.41) is 10.1. The van der Waals surface area contributed by atoms with Gasteiger partial charge in [0.1, 0.15) is 6.10 Å². The maximum atomic E-state index is 12.4. The number of nitrogens with zero attached hydrogens (tertiary/aromatic N) is 1. The number of ether oxygens (including phenoxy) is 1. The Bertz CT molecular complexity index is 319. The molecule has 1 amide bonds. The molecule has 4 nitrogen and oxygen atoms in total. The first-order valence-electron chi connectivity index (χ1n) is 7.27. The van der Waals surface area contributed by atoms with Crippen LogP contribution in [0, 0.1) is 11.8 Å². The number of carbonyl (C=O) groups excluding carboxylic acids is 1. The summed E-state index contributed by atoms with van der Waals surface area (Å²) in [6, 6.07) is 0. The summed E-state index contributed by atoms with van der Waals surface area (Å²) in [7, 11) is 0. The number of fused-ring (bicyclic) bond motifs is 2. The molecule has 0 aromatic rings. The highest BCUT2D eigenvalue weighted by Crippen LogP contribution is 2.35. The van der Waals surface area contributed by atoms with E-state index in [0.717, 1.165) is 38.8 Å². The molecule has 1 aliphatic carbocycles. The average molecular weight is 253 g/mol. The van der Waals surface area contributed by atoms with Gasteiger partial charge in [0.2, 0.25) is 0 Å². The van der Waals surface area contributed by atoms with Gasteiger partial charge in [-0.25, -0.2) is 0 Å². The SMILES string of the molecule is C[C@@H]1CC[C@@H](C(=O)N2C[C@H]3CCC[C@@H](C2)C3O)O1. The molecule has 0 spiro atoms. The Hall–Kier alpha value is -0.610. The second kappa shape index (κ2) is 4.82. The highest BCUT2D eigenvalue weighted by molar-refractivity contribution is 5.81. The molecule has 0 aromatic heterocycles. The topological polar surface area (TPSA) is 49.8 Å². The van der Waals surface area contributed by atoms with Crippen molar-refractivity contribution in [3.63, 3.8) is 0 Å². The normalized spacial score (nSPS) is 44.1. The number of piperidine rings is 1. The molecule has 2 bridgehead atoms. The maximum absolute atomic E-state index is 12.4. The van der Waals surface area contributed by atoms with Gasteiger partial charge in [-0.05, 0) is 32.6 Å². The number of aliphatic hydroxyl groups excluding tert-OH is 1. The van der Waals surface area contributed by atoms with Crippen molar-refractivity contribution in [2.24, 2.45) is 11.8 Å². The molecule has 1 N–H and O–H groups in total. The lowest BCUT2D eigenvalue weighted by atomic mass is 9.75. The minimum Gasteiger partial charge on any atom is -0.392 e. The van der Waals surface area contributed by atoms with Crippen molar-refractivity contribution < 1.29 is 14.6 Å². The van der Waals surface area contributed by atoms with E-state index in [0.29, 0.717) is 11.8 Å². The van der Waals surface area contributed by atoms with Gasteiger partial charge in [-0.1, -0.05) is 6.42 Å².